The molecular weight excluding hydrogens is 256 g/mol. The van der Waals surface area contributed by atoms with Gasteiger partial charge in [-0.05, 0) is 38.9 Å². The van der Waals surface area contributed by atoms with Gasteiger partial charge in [0.15, 0.2) is 0 Å². The molecule has 2 nitrogen and oxygen atoms in total. The van der Waals surface area contributed by atoms with E-state index in [-0.39, 0.29) is 12.1 Å². The maximum absolute atomic E-state index is 6.24. The van der Waals surface area contributed by atoms with Gasteiger partial charge in [0.25, 0.3) is 0 Å². The molecule has 2 aromatic carbocycles. The maximum Gasteiger partial charge on any atom is 0.0496 e. The van der Waals surface area contributed by atoms with E-state index in [1.165, 1.54) is 22.3 Å². The van der Waals surface area contributed by atoms with E-state index >= 15 is 0 Å². The molecule has 2 aromatic rings. The number of nitrogens with zero attached hydrogens (tertiary/aromatic N) is 1. The lowest BCUT2D eigenvalue weighted by atomic mass is 9.98. The molecule has 0 radical (unpaired) electrons. The molecule has 0 aliphatic carbocycles. The van der Waals surface area contributed by atoms with Gasteiger partial charge >= 0.3 is 0 Å². The summed E-state index contributed by atoms with van der Waals surface area (Å²) < 4.78 is 0. The number of hydrogen-bond acceptors (Lipinski definition) is 2. The van der Waals surface area contributed by atoms with E-state index in [9.17, 15) is 0 Å². The minimum atomic E-state index is 0.0863. The molecule has 0 saturated carbocycles. The van der Waals surface area contributed by atoms with E-state index in [0.717, 1.165) is 6.54 Å². The average molecular weight is 282 g/mol. The van der Waals surface area contributed by atoms with Gasteiger partial charge in [-0.3, -0.25) is 4.90 Å². The highest BCUT2D eigenvalue weighted by molar-refractivity contribution is 5.26. The van der Waals surface area contributed by atoms with Crippen molar-refractivity contribution < 1.29 is 0 Å². The Labute approximate surface area is 128 Å². The molecule has 0 aliphatic heterocycles. The lowest BCUT2D eigenvalue weighted by Gasteiger charge is -2.31. The number of rotatable bonds is 5. The zero-order valence-electron chi connectivity index (χ0n) is 13.5. The summed E-state index contributed by atoms with van der Waals surface area (Å²) in [6.45, 7) is 7.21. The van der Waals surface area contributed by atoms with Crippen LogP contribution in [-0.2, 0) is 6.54 Å². The van der Waals surface area contributed by atoms with Crippen LogP contribution in [0.3, 0.4) is 0 Å². The Morgan fingerprint density at radius 1 is 0.905 bits per heavy atom. The van der Waals surface area contributed by atoms with Gasteiger partial charge in [0, 0.05) is 18.6 Å². The first-order chi connectivity index (χ1) is 9.97. The fourth-order valence-corrected chi connectivity index (χ4v) is 2.80. The average Bonchev–Trinajstić information content (AvgIpc) is 2.43. The molecule has 0 spiro atoms. The van der Waals surface area contributed by atoms with Crippen LogP contribution in [-0.4, -0.2) is 18.0 Å². The molecule has 0 saturated heterocycles. The molecule has 0 fully saturated rings. The van der Waals surface area contributed by atoms with Crippen molar-refractivity contribution in [1.29, 1.82) is 0 Å². The van der Waals surface area contributed by atoms with Crippen molar-refractivity contribution >= 4 is 0 Å². The second-order valence-electron chi connectivity index (χ2n) is 6.12. The third kappa shape index (κ3) is 4.16. The first-order valence-corrected chi connectivity index (χ1v) is 7.55. The fourth-order valence-electron chi connectivity index (χ4n) is 2.80. The Morgan fingerprint density at radius 2 is 1.38 bits per heavy atom. The Balaban J connectivity index is 2.17. The molecule has 0 heterocycles. The third-order valence-electron chi connectivity index (χ3n) is 3.94. The van der Waals surface area contributed by atoms with Crippen molar-refractivity contribution in [2.24, 2.45) is 5.73 Å². The molecule has 2 rings (SSSR count). The Kier molecular flexibility index (Phi) is 5.16. The van der Waals surface area contributed by atoms with Crippen LogP contribution in [0.1, 0.15) is 35.2 Å². The first kappa shape index (κ1) is 15.7. The lowest BCUT2D eigenvalue weighted by Crippen LogP contribution is -2.36. The van der Waals surface area contributed by atoms with E-state index in [1.54, 1.807) is 0 Å². The molecule has 2 N–H and O–H groups in total. The van der Waals surface area contributed by atoms with Crippen LogP contribution < -0.4 is 5.73 Å². The molecule has 2 atom stereocenters. The zero-order chi connectivity index (χ0) is 15.4. The molecule has 0 aromatic heterocycles. The smallest absolute Gasteiger partial charge is 0.0496 e. The third-order valence-corrected chi connectivity index (χ3v) is 3.94. The van der Waals surface area contributed by atoms with Crippen molar-refractivity contribution in [1.82, 2.24) is 4.90 Å². The summed E-state index contributed by atoms with van der Waals surface area (Å²) in [5.74, 6) is 0. The number of likely N-dealkylation sites (N-methyl/N-ethyl adjacent to an activating group) is 1. The van der Waals surface area contributed by atoms with Crippen LogP contribution >= 0.6 is 0 Å². The molecule has 0 aliphatic rings. The molecule has 0 amide bonds. The standard InChI is InChI=1S/C19H26N2/c1-14-5-9-17(10-6-14)13-21(4)19(16(3)20)18-11-7-15(2)8-12-18/h5-12,16,19H,13,20H2,1-4H3. The minimum Gasteiger partial charge on any atom is -0.326 e. The van der Waals surface area contributed by atoms with Gasteiger partial charge in [-0.15, -0.1) is 0 Å². The van der Waals surface area contributed by atoms with Crippen molar-refractivity contribution in [2.45, 2.75) is 39.4 Å². The molecule has 2 unspecified atom stereocenters. The van der Waals surface area contributed by atoms with Gasteiger partial charge in [0.2, 0.25) is 0 Å². The predicted octanol–water partition coefficient (Wildman–Crippen LogP) is 3.82. The van der Waals surface area contributed by atoms with E-state index < -0.39 is 0 Å². The Bertz CT molecular complexity index is 555. The van der Waals surface area contributed by atoms with E-state index in [2.05, 4.69) is 81.2 Å². The Morgan fingerprint density at radius 3 is 1.86 bits per heavy atom. The van der Waals surface area contributed by atoms with Crippen LogP contribution in [0.15, 0.2) is 48.5 Å². The van der Waals surface area contributed by atoms with Gasteiger partial charge in [-0.25, -0.2) is 0 Å². The molecule has 0 bridgehead atoms. The highest BCUT2D eigenvalue weighted by atomic mass is 15.1. The molecule has 2 heteroatoms. The summed E-state index contributed by atoms with van der Waals surface area (Å²) in [7, 11) is 2.15. The Hall–Kier alpha value is -1.64. The van der Waals surface area contributed by atoms with Crippen molar-refractivity contribution in [2.75, 3.05) is 7.05 Å². The minimum absolute atomic E-state index is 0.0863. The fraction of sp³-hybridized carbons (Fsp3) is 0.368. The van der Waals surface area contributed by atoms with Crippen molar-refractivity contribution in [3.63, 3.8) is 0 Å². The summed E-state index contributed by atoms with van der Waals surface area (Å²) in [4.78, 5) is 2.33. The summed E-state index contributed by atoms with van der Waals surface area (Å²) in [5, 5.41) is 0. The van der Waals surface area contributed by atoms with E-state index in [4.69, 9.17) is 5.73 Å². The van der Waals surface area contributed by atoms with Gasteiger partial charge in [0.1, 0.15) is 0 Å². The van der Waals surface area contributed by atoms with Crippen LogP contribution in [0.25, 0.3) is 0 Å². The summed E-state index contributed by atoms with van der Waals surface area (Å²) in [6, 6.07) is 17.7. The highest BCUT2D eigenvalue weighted by Gasteiger charge is 2.21. The van der Waals surface area contributed by atoms with Gasteiger partial charge in [-0.1, -0.05) is 59.7 Å². The second kappa shape index (κ2) is 6.88. The largest absolute Gasteiger partial charge is 0.326 e. The van der Waals surface area contributed by atoms with Crippen molar-refractivity contribution in [3.8, 4) is 0 Å². The number of hydrogen-bond donors (Lipinski definition) is 1. The number of nitrogens with two attached hydrogens (primary N) is 1. The monoisotopic (exact) mass is 282 g/mol. The second-order valence-corrected chi connectivity index (χ2v) is 6.12. The van der Waals surface area contributed by atoms with Crippen molar-refractivity contribution in [3.05, 3.63) is 70.8 Å². The zero-order valence-corrected chi connectivity index (χ0v) is 13.5. The number of aryl methyl sites for hydroxylation is 2. The van der Waals surface area contributed by atoms with Crippen LogP contribution in [0.4, 0.5) is 0 Å². The van der Waals surface area contributed by atoms with Gasteiger partial charge < -0.3 is 5.73 Å². The maximum atomic E-state index is 6.24. The van der Waals surface area contributed by atoms with Gasteiger partial charge in [-0.2, -0.15) is 0 Å². The lowest BCUT2D eigenvalue weighted by molar-refractivity contribution is 0.211. The summed E-state index contributed by atoms with van der Waals surface area (Å²) in [6.07, 6.45) is 0. The SMILES string of the molecule is Cc1ccc(CN(C)C(c2ccc(C)cc2)C(C)N)cc1. The first-order valence-electron chi connectivity index (χ1n) is 7.55. The normalized spacial score (nSPS) is 14.2. The van der Waals surface area contributed by atoms with E-state index in [1.807, 2.05) is 0 Å². The summed E-state index contributed by atoms with van der Waals surface area (Å²) >= 11 is 0. The van der Waals surface area contributed by atoms with Crippen LogP contribution in [0.2, 0.25) is 0 Å². The number of benzene rings is 2. The van der Waals surface area contributed by atoms with E-state index in [0.29, 0.717) is 0 Å². The van der Waals surface area contributed by atoms with Crippen LogP contribution in [0.5, 0.6) is 0 Å². The molecule has 21 heavy (non-hydrogen) atoms. The quantitative estimate of drug-likeness (QED) is 0.903. The highest BCUT2D eigenvalue weighted by Crippen LogP contribution is 2.24. The topological polar surface area (TPSA) is 29.3 Å². The van der Waals surface area contributed by atoms with Gasteiger partial charge in [0.05, 0.1) is 0 Å². The van der Waals surface area contributed by atoms with Crippen LogP contribution in [0, 0.1) is 13.8 Å². The molecule has 112 valence electrons. The predicted molar refractivity (Wildman–Crippen MR) is 90.2 cm³/mol. The summed E-state index contributed by atoms with van der Waals surface area (Å²) in [5.41, 5.74) is 11.4. The molecular formula is C19H26N2.